The second-order valence-electron chi connectivity index (χ2n) is 1.77. The van der Waals surface area contributed by atoms with Crippen molar-refractivity contribution < 1.29 is 34.2 Å². The average Bonchev–Trinajstić information content (AvgIpc) is 1.81. The van der Waals surface area contributed by atoms with Gasteiger partial charge in [-0.25, -0.2) is 4.79 Å². The monoisotopic (exact) mass is 227 g/mol. The van der Waals surface area contributed by atoms with E-state index in [0.29, 0.717) is 0 Å². The SMILES string of the molecule is CC(=O)NC(CS)C(=O)O.[Zn]. The molecule has 0 fully saturated rings. The van der Waals surface area contributed by atoms with Gasteiger partial charge in [0.1, 0.15) is 6.04 Å². The van der Waals surface area contributed by atoms with Crippen LogP contribution in [0.15, 0.2) is 0 Å². The number of carbonyl (C=O) groups is 2. The molecule has 1 atom stereocenters. The molecule has 60 valence electrons. The maximum Gasteiger partial charge on any atom is 0.327 e. The predicted octanol–water partition coefficient (Wildman–Crippen LogP) is -0.497. The number of carboxylic acid groups (broad SMARTS) is 1. The molecule has 4 nitrogen and oxygen atoms in total. The Morgan fingerprint density at radius 1 is 1.64 bits per heavy atom. The molecule has 0 aliphatic carbocycles. The van der Waals surface area contributed by atoms with Crippen LogP contribution in [-0.4, -0.2) is 28.8 Å². The second-order valence-corrected chi connectivity index (χ2v) is 2.14. The van der Waals surface area contributed by atoms with Crippen LogP contribution in [0.1, 0.15) is 6.92 Å². The molecule has 0 aromatic rings. The second kappa shape index (κ2) is 6.61. The minimum atomic E-state index is -1.06. The first-order valence-corrected chi connectivity index (χ1v) is 3.32. The third-order valence-electron chi connectivity index (χ3n) is 0.858. The Morgan fingerprint density at radius 2 is 2.09 bits per heavy atom. The van der Waals surface area contributed by atoms with Crippen molar-refractivity contribution in [2.75, 3.05) is 5.75 Å². The van der Waals surface area contributed by atoms with Gasteiger partial charge in [-0.1, -0.05) is 0 Å². The molecule has 0 aromatic heterocycles. The minimum absolute atomic E-state index is 0. The van der Waals surface area contributed by atoms with Crippen LogP contribution >= 0.6 is 12.6 Å². The molecule has 0 aliphatic rings. The summed E-state index contributed by atoms with van der Waals surface area (Å²) in [5.74, 6) is -1.32. The Kier molecular flexibility index (Phi) is 8.12. The smallest absolute Gasteiger partial charge is 0.327 e. The predicted molar refractivity (Wildman–Crippen MR) is 39.1 cm³/mol. The molecular weight excluding hydrogens is 220 g/mol. The van der Waals surface area contributed by atoms with Crippen LogP contribution in [0.4, 0.5) is 0 Å². The fraction of sp³-hybridized carbons (Fsp3) is 0.600. The first-order valence-electron chi connectivity index (χ1n) is 2.68. The zero-order valence-electron chi connectivity index (χ0n) is 6.20. The fourth-order valence-electron chi connectivity index (χ4n) is 0.431. The van der Waals surface area contributed by atoms with Crippen LogP contribution in [0, 0.1) is 0 Å². The van der Waals surface area contributed by atoms with Crippen molar-refractivity contribution in [3.8, 4) is 0 Å². The number of nitrogens with one attached hydrogen (secondary N) is 1. The van der Waals surface area contributed by atoms with Crippen LogP contribution in [0.25, 0.3) is 0 Å². The summed E-state index contributed by atoms with van der Waals surface area (Å²) in [7, 11) is 0. The molecule has 0 aliphatic heterocycles. The van der Waals surface area contributed by atoms with Crippen molar-refractivity contribution in [3.63, 3.8) is 0 Å². The molecule has 1 unspecified atom stereocenters. The minimum Gasteiger partial charge on any atom is -0.480 e. The largest absolute Gasteiger partial charge is 0.480 e. The van der Waals surface area contributed by atoms with Crippen LogP contribution in [-0.2, 0) is 29.1 Å². The Hall–Kier alpha value is -0.0866. The van der Waals surface area contributed by atoms with Gasteiger partial charge in [0.2, 0.25) is 5.91 Å². The van der Waals surface area contributed by atoms with Crippen LogP contribution in [0.2, 0.25) is 0 Å². The van der Waals surface area contributed by atoms with Gasteiger partial charge in [-0.15, -0.1) is 0 Å². The topological polar surface area (TPSA) is 66.4 Å². The normalized spacial score (nSPS) is 11.1. The van der Waals surface area contributed by atoms with Crippen molar-refractivity contribution in [3.05, 3.63) is 0 Å². The average molecular weight is 229 g/mol. The summed E-state index contributed by atoms with van der Waals surface area (Å²) < 4.78 is 0. The van der Waals surface area contributed by atoms with Gasteiger partial charge in [0.25, 0.3) is 0 Å². The van der Waals surface area contributed by atoms with Gasteiger partial charge in [-0.3, -0.25) is 4.79 Å². The summed E-state index contributed by atoms with van der Waals surface area (Å²) in [6.45, 7) is 1.26. The van der Waals surface area contributed by atoms with Crippen molar-refractivity contribution in [2.45, 2.75) is 13.0 Å². The molecule has 2 N–H and O–H groups in total. The maximum absolute atomic E-state index is 10.3. The number of amides is 1. The molecular formula is C5H9NO3SZn. The third-order valence-corrected chi connectivity index (χ3v) is 1.22. The van der Waals surface area contributed by atoms with Gasteiger partial charge in [-0.05, 0) is 0 Å². The summed E-state index contributed by atoms with van der Waals surface area (Å²) in [5, 5.41) is 10.6. The molecule has 6 heteroatoms. The Labute approximate surface area is 82.9 Å². The maximum atomic E-state index is 10.3. The van der Waals surface area contributed by atoms with Crippen LogP contribution in [0.5, 0.6) is 0 Å². The first kappa shape index (κ1) is 13.5. The number of hydrogen-bond acceptors (Lipinski definition) is 3. The summed E-state index contributed by atoms with van der Waals surface area (Å²) in [5.41, 5.74) is 0. The quantitative estimate of drug-likeness (QED) is 0.451. The van der Waals surface area contributed by atoms with E-state index in [4.69, 9.17) is 5.11 Å². The van der Waals surface area contributed by atoms with Gasteiger partial charge in [0.05, 0.1) is 0 Å². The van der Waals surface area contributed by atoms with E-state index in [2.05, 4.69) is 17.9 Å². The zero-order chi connectivity index (χ0) is 8.15. The van der Waals surface area contributed by atoms with Gasteiger partial charge in [-0.2, -0.15) is 12.6 Å². The summed E-state index contributed by atoms with van der Waals surface area (Å²) in [6.07, 6.45) is 0. The molecule has 0 bridgehead atoms. The summed E-state index contributed by atoms with van der Waals surface area (Å²) in [4.78, 5) is 20.5. The Bertz CT molecular complexity index is 153. The van der Waals surface area contributed by atoms with E-state index in [1.165, 1.54) is 6.92 Å². The van der Waals surface area contributed by atoms with Gasteiger partial charge in [0, 0.05) is 32.2 Å². The molecule has 0 radical (unpaired) electrons. The fourth-order valence-corrected chi connectivity index (χ4v) is 0.678. The molecule has 11 heavy (non-hydrogen) atoms. The van der Waals surface area contributed by atoms with Crippen molar-refractivity contribution in [1.29, 1.82) is 0 Å². The van der Waals surface area contributed by atoms with Crippen LogP contribution in [0.3, 0.4) is 0 Å². The van der Waals surface area contributed by atoms with E-state index in [0.717, 1.165) is 0 Å². The van der Waals surface area contributed by atoms with E-state index < -0.39 is 12.0 Å². The van der Waals surface area contributed by atoms with E-state index in [-0.39, 0.29) is 31.1 Å². The number of carbonyl (C=O) groups excluding carboxylic acids is 1. The van der Waals surface area contributed by atoms with Crippen molar-refractivity contribution in [1.82, 2.24) is 5.32 Å². The molecule has 0 saturated carbocycles. The molecule has 0 aromatic carbocycles. The summed E-state index contributed by atoms with van der Waals surface area (Å²) in [6, 6.07) is -0.874. The van der Waals surface area contributed by atoms with Crippen molar-refractivity contribution >= 4 is 24.5 Å². The first-order chi connectivity index (χ1) is 4.57. The standard InChI is InChI=1S/C5H9NO3S.Zn/c1-3(7)6-4(2-10)5(8)9;/h4,10H,2H2,1H3,(H,6,7)(H,8,9);. The Balaban J connectivity index is 0. The number of carboxylic acids is 1. The number of thiol groups is 1. The number of rotatable bonds is 3. The summed E-state index contributed by atoms with van der Waals surface area (Å²) >= 11 is 3.73. The van der Waals surface area contributed by atoms with Gasteiger partial charge in [0.15, 0.2) is 0 Å². The van der Waals surface area contributed by atoms with Gasteiger partial charge >= 0.3 is 5.97 Å². The van der Waals surface area contributed by atoms with E-state index in [1.54, 1.807) is 0 Å². The van der Waals surface area contributed by atoms with Crippen molar-refractivity contribution in [2.24, 2.45) is 0 Å². The molecule has 1 amide bonds. The third kappa shape index (κ3) is 6.32. The van der Waals surface area contributed by atoms with Crippen LogP contribution < -0.4 is 5.32 Å². The van der Waals surface area contributed by atoms with Gasteiger partial charge < -0.3 is 10.4 Å². The number of hydrogen-bond donors (Lipinski definition) is 3. The zero-order valence-corrected chi connectivity index (χ0v) is 10.1. The van der Waals surface area contributed by atoms with E-state index in [9.17, 15) is 9.59 Å². The van der Waals surface area contributed by atoms with E-state index in [1.807, 2.05) is 0 Å². The molecule has 0 heterocycles. The Morgan fingerprint density at radius 3 is 2.18 bits per heavy atom. The molecule has 0 rings (SSSR count). The van der Waals surface area contributed by atoms with E-state index >= 15 is 0 Å². The molecule has 0 saturated heterocycles. The number of aliphatic carboxylic acids is 1. The molecule has 0 spiro atoms.